The summed E-state index contributed by atoms with van der Waals surface area (Å²) in [7, 11) is 3.03. The van der Waals surface area contributed by atoms with Crippen molar-refractivity contribution in [1.82, 2.24) is 0 Å². The summed E-state index contributed by atoms with van der Waals surface area (Å²) < 4.78 is 15.4. The molecule has 0 saturated heterocycles. The summed E-state index contributed by atoms with van der Waals surface area (Å²) in [6.07, 6.45) is 0.764. The van der Waals surface area contributed by atoms with Gasteiger partial charge in [0.15, 0.2) is 0 Å². The van der Waals surface area contributed by atoms with Crippen molar-refractivity contribution in [1.29, 1.82) is 0 Å². The zero-order chi connectivity index (χ0) is 18.4. The van der Waals surface area contributed by atoms with E-state index in [0.717, 1.165) is 11.3 Å². The maximum absolute atomic E-state index is 12.6. The number of benzene rings is 1. The van der Waals surface area contributed by atoms with Gasteiger partial charge in [-0.05, 0) is 31.5 Å². The molecule has 1 amide bonds. The third kappa shape index (κ3) is 4.51. The van der Waals surface area contributed by atoms with E-state index in [9.17, 15) is 9.59 Å². The lowest BCUT2D eigenvalue weighted by Crippen LogP contribution is -2.14. The number of esters is 1. The number of rotatable bonds is 7. The van der Waals surface area contributed by atoms with Crippen molar-refractivity contribution in [3.63, 3.8) is 0 Å². The first-order valence-electron chi connectivity index (χ1n) is 7.86. The Morgan fingerprint density at radius 1 is 1.04 bits per heavy atom. The lowest BCUT2D eigenvalue weighted by Gasteiger charge is -2.09. The normalized spacial score (nSPS) is 10.2. The fourth-order valence-corrected chi connectivity index (χ4v) is 3.16. The van der Waals surface area contributed by atoms with Crippen LogP contribution in [0.1, 0.15) is 39.4 Å². The third-order valence-corrected chi connectivity index (χ3v) is 4.66. The van der Waals surface area contributed by atoms with Crippen LogP contribution in [0.5, 0.6) is 11.5 Å². The van der Waals surface area contributed by atoms with Crippen LogP contribution in [0.15, 0.2) is 24.3 Å². The van der Waals surface area contributed by atoms with Crippen LogP contribution in [0.4, 0.5) is 5.00 Å². The van der Waals surface area contributed by atoms with E-state index in [4.69, 9.17) is 14.2 Å². The zero-order valence-electron chi connectivity index (χ0n) is 14.7. The molecular formula is C18H21NO5S. The smallest absolute Gasteiger partial charge is 0.341 e. The SMILES string of the molecule is CCOC(=O)c1cc(CC)sc1NC(=O)c1cc(OC)cc(OC)c1. The van der Waals surface area contributed by atoms with Gasteiger partial charge in [0.1, 0.15) is 16.5 Å². The zero-order valence-corrected chi connectivity index (χ0v) is 15.5. The quantitative estimate of drug-likeness (QED) is 0.758. The summed E-state index contributed by atoms with van der Waals surface area (Å²) in [4.78, 5) is 25.7. The van der Waals surface area contributed by atoms with Crippen molar-refractivity contribution in [2.75, 3.05) is 26.1 Å². The minimum Gasteiger partial charge on any atom is -0.497 e. The second-order valence-corrected chi connectivity index (χ2v) is 6.22. The van der Waals surface area contributed by atoms with Gasteiger partial charge in [0.05, 0.1) is 26.4 Å². The Kier molecular flexibility index (Phi) is 6.41. The van der Waals surface area contributed by atoms with E-state index in [1.165, 1.54) is 25.6 Å². The highest BCUT2D eigenvalue weighted by atomic mass is 32.1. The highest BCUT2D eigenvalue weighted by Crippen LogP contribution is 2.30. The molecule has 25 heavy (non-hydrogen) atoms. The van der Waals surface area contributed by atoms with Gasteiger partial charge in [-0.25, -0.2) is 4.79 Å². The van der Waals surface area contributed by atoms with Gasteiger partial charge in [0, 0.05) is 16.5 Å². The van der Waals surface area contributed by atoms with Gasteiger partial charge < -0.3 is 19.5 Å². The highest BCUT2D eigenvalue weighted by molar-refractivity contribution is 7.16. The standard InChI is InChI=1S/C18H21NO5S/c1-5-14-10-15(18(21)24-6-2)17(25-14)19-16(20)11-7-12(22-3)9-13(8-11)23-4/h7-10H,5-6H2,1-4H3,(H,19,20). The number of nitrogens with one attached hydrogen (secondary N) is 1. The topological polar surface area (TPSA) is 73.9 Å². The Morgan fingerprint density at radius 2 is 1.68 bits per heavy atom. The van der Waals surface area contributed by atoms with E-state index in [1.54, 1.807) is 31.2 Å². The van der Waals surface area contributed by atoms with Crippen LogP contribution in [0.25, 0.3) is 0 Å². The molecule has 1 heterocycles. The molecular weight excluding hydrogens is 342 g/mol. The average molecular weight is 363 g/mol. The Morgan fingerprint density at radius 3 is 2.20 bits per heavy atom. The molecule has 1 N–H and O–H groups in total. The van der Waals surface area contributed by atoms with E-state index in [0.29, 0.717) is 27.6 Å². The van der Waals surface area contributed by atoms with E-state index in [2.05, 4.69) is 5.32 Å². The molecule has 0 spiro atoms. The number of methoxy groups -OCH3 is 2. The fraction of sp³-hybridized carbons (Fsp3) is 0.333. The molecule has 6 nitrogen and oxygen atoms in total. The molecule has 0 saturated carbocycles. The van der Waals surface area contributed by atoms with Crippen molar-refractivity contribution >= 4 is 28.2 Å². The van der Waals surface area contributed by atoms with E-state index in [-0.39, 0.29) is 12.5 Å². The van der Waals surface area contributed by atoms with Gasteiger partial charge in [-0.2, -0.15) is 0 Å². The van der Waals surface area contributed by atoms with Gasteiger partial charge >= 0.3 is 5.97 Å². The van der Waals surface area contributed by atoms with Crippen molar-refractivity contribution in [2.45, 2.75) is 20.3 Å². The lowest BCUT2D eigenvalue weighted by atomic mass is 10.2. The van der Waals surface area contributed by atoms with Gasteiger partial charge in [0.2, 0.25) is 0 Å². The molecule has 0 bridgehead atoms. The highest BCUT2D eigenvalue weighted by Gasteiger charge is 2.20. The molecule has 0 fully saturated rings. The fourth-order valence-electron chi connectivity index (χ4n) is 2.18. The summed E-state index contributed by atoms with van der Waals surface area (Å²) in [5.41, 5.74) is 0.740. The molecule has 0 atom stereocenters. The van der Waals surface area contributed by atoms with Crippen LogP contribution in [-0.2, 0) is 11.2 Å². The van der Waals surface area contributed by atoms with Gasteiger partial charge in [-0.1, -0.05) is 6.92 Å². The number of thiophene rings is 1. The van der Waals surface area contributed by atoms with Crippen molar-refractivity contribution in [3.05, 3.63) is 40.3 Å². The van der Waals surface area contributed by atoms with Crippen LogP contribution in [0.2, 0.25) is 0 Å². The first-order chi connectivity index (χ1) is 12.0. The maximum Gasteiger partial charge on any atom is 0.341 e. The van der Waals surface area contributed by atoms with Gasteiger partial charge in [-0.3, -0.25) is 4.79 Å². The first kappa shape index (κ1) is 18.8. The van der Waals surface area contributed by atoms with Crippen molar-refractivity contribution < 1.29 is 23.8 Å². The van der Waals surface area contributed by atoms with Crippen LogP contribution >= 0.6 is 11.3 Å². The Bertz CT molecular complexity index is 747. The maximum atomic E-state index is 12.6. The average Bonchev–Trinajstić information content (AvgIpc) is 3.04. The van der Waals surface area contributed by atoms with Gasteiger partial charge in [-0.15, -0.1) is 11.3 Å². The minimum absolute atomic E-state index is 0.274. The van der Waals surface area contributed by atoms with E-state index >= 15 is 0 Å². The summed E-state index contributed by atoms with van der Waals surface area (Å²) in [6.45, 7) is 4.00. The lowest BCUT2D eigenvalue weighted by molar-refractivity contribution is 0.0528. The largest absolute Gasteiger partial charge is 0.497 e. The van der Waals surface area contributed by atoms with Crippen LogP contribution in [0.3, 0.4) is 0 Å². The predicted octanol–water partition coefficient (Wildman–Crippen LogP) is 3.76. The molecule has 0 aliphatic rings. The summed E-state index contributed by atoms with van der Waals surface area (Å²) in [5.74, 6) is 0.218. The molecule has 0 radical (unpaired) electrons. The number of aryl methyl sites for hydroxylation is 1. The minimum atomic E-state index is -0.447. The predicted molar refractivity (Wildman–Crippen MR) is 97.2 cm³/mol. The van der Waals surface area contributed by atoms with Crippen molar-refractivity contribution in [3.8, 4) is 11.5 Å². The second kappa shape index (κ2) is 8.53. The van der Waals surface area contributed by atoms with Crippen LogP contribution < -0.4 is 14.8 Å². The second-order valence-electron chi connectivity index (χ2n) is 5.09. The number of carbonyl (C=O) groups excluding carboxylic acids is 2. The Labute approximate surface area is 150 Å². The number of hydrogen-bond acceptors (Lipinski definition) is 6. The molecule has 0 unspecified atom stereocenters. The number of carbonyl (C=O) groups is 2. The Balaban J connectivity index is 2.31. The van der Waals surface area contributed by atoms with Crippen LogP contribution in [0, 0.1) is 0 Å². The summed E-state index contributed by atoms with van der Waals surface area (Å²) >= 11 is 1.36. The number of hydrogen-bond donors (Lipinski definition) is 1. The molecule has 0 aliphatic heterocycles. The molecule has 134 valence electrons. The number of ether oxygens (including phenoxy) is 3. The molecule has 2 rings (SSSR count). The number of anilines is 1. The molecule has 1 aromatic heterocycles. The molecule has 1 aromatic carbocycles. The van der Waals surface area contributed by atoms with Crippen molar-refractivity contribution in [2.24, 2.45) is 0 Å². The third-order valence-electron chi connectivity index (χ3n) is 3.47. The summed E-state index contributed by atoms with van der Waals surface area (Å²) in [6, 6.07) is 6.65. The first-order valence-corrected chi connectivity index (χ1v) is 8.68. The van der Waals surface area contributed by atoms with Gasteiger partial charge in [0.25, 0.3) is 5.91 Å². The molecule has 0 aliphatic carbocycles. The summed E-state index contributed by atoms with van der Waals surface area (Å²) in [5, 5.41) is 3.27. The molecule has 2 aromatic rings. The molecule has 7 heteroatoms. The number of amides is 1. The monoisotopic (exact) mass is 363 g/mol. The van der Waals surface area contributed by atoms with E-state index < -0.39 is 5.97 Å². The van der Waals surface area contributed by atoms with Crippen LogP contribution in [-0.4, -0.2) is 32.7 Å². The van der Waals surface area contributed by atoms with E-state index in [1.807, 2.05) is 6.92 Å². The Hall–Kier alpha value is -2.54.